The number of nitrogens with one attached hydrogen (secondary N) is 2. The zero-order valence-corrected chi connectivity index (χ0v) is 16.4. The van der Waals surface area contributed by atoms with Crippen LogP contribution >= 0.6 is 0 Å². The first-order valence-electron chi connectivity index (χ1n) is 9.44. The summed E-state index contributed by atoms with van der Waals surface area (Å²) in [7, 11) is 3.33. The minimum atomic E-state index is -3.01. The van der Waals surface area contributed by atoms with Crippen LogP contribution in [0.15, 0.2) is 23.2 Å². The number of halogens is 3. The number of piperidine rings is 1. The van der Waals surface area contributed by atoms with Crippen molar-refractivity contribution in [1.82, 2.24) is 15.5 Å². The van der Waals surface area contributed by atoms with Crippen LogP contribution in [0.2, 0.25) is 0 Å². The highest BCUT2D eigenvalue weighted by molar-refractivity contribution is 5.80. The van der Waals surface area contributed by atoms with Crippen molar-refractivity contribution in [2.24, 2.45) is 4.99 Å². The Morgan fingerprint density at radius 3 is 2.71 bits per heavy atom. The van der Waals surface area contributed by atoms with Gasteiger partial charge in [0.05, 0.1) is 0 Å². The molecular formula is C19H29F3N4O2. The van der Waals surface area contributed by atoms with Crippen LogP contribution in [0.3, 0.4) is 0 Å². The van der Waals surface area contributed by atoms with Crippen molar-refractivity contribution < 1.29 is 22.6 Å². The number of nitrogens with zero attached hydrogens (tertiary/aromatic N) is 2. The third-order valence-electron chi connectivity index (χ3n) is 4.70. The molecule has 0 saturated carbocycles. The van der Waals surface area contributed by atoms with E-state index in [1.165, 1.54) is 18.2 Å². The number of methoxy groups -OCH3 is 1. The smallest absolute Gasteiger partial charge is 0.387 e. The van der Waals surface area contributed by atoms with E-state index in [0.29, 0.717) is 5.96 Å². The summed E-state index contributed by atoms with van der Waals surface area (Å²) in [5.74, 6) is -0.281. The molecule has 0 aliphatic carbocycles. The molecule has 1 aliphatic rings. The number of guanidine groups is 1. The number of rotatable bonds is 9. The Bertz CT molecular complexity index is 623. The lowest BCUT2D eigenvalue weighted by atomic mass is 10.1. The minimum absolute atomic E-state index is 0.00966. The van der Waals surface area contributed by atoms with Gasteiger partial charge in [-0.1, -0.05) is 6.07 Å². The number of hydrogen-bond donors (Lipinski definition) is 2. The van der Waals surface area contributed by atoms with E-state index in [0.717, 1.165) is 45.5 Å². The zero-order chi connectivity index (χ0) is 20.4. The Labute approximate surface area is 164 Å². The van der Waals surface area contributed by atoms with E-state index in [-0.39, 0.29) is 23.9 Å². The lowest BCUT2D eigenvalue weighted by molar-refractivity contribution is -0.0506. The van der Waals surface area contributed by atoms with E-state index in [1.54, 1.807) is 14.2 Å². The first-order valence-corrected chi connectivity index (χ1v) is 9.44. The average Bonchev–Trinajstić information content (AvgIpc) is 2.67. The van der Waals surface area contributed by atoms with Crippen LogP contribution in [0.5, 0.6) is 5.75 Å². The molecule has 1 aliphatic heterocycles. The third-order valence-corrected chi connectivity index (χ3v) is 4.70. The summed E-state index contributed by atoms with van der Waals surface area (Å²) in [4.78, 5) is 6.55. The molecule has 2 N–H and O–H groups in total. The summed E-state index contributed by atoms with van der Waals surface area (Å²) in [6.45, 7) is 0.739. The van der Waals surface area contributed by atoms with Crippen LogP contribution in [-0.2, 0) is 11.3 Å². The Kier molecular flexibility index (Phi) is 9.36. The zero-order valence-electron chi connectivity index (χ0n) is 16.4. The normalized spacial score (nSPS) is 16.4. The molecule has 0 radical (unpaired) electrons. The van der Waals surface area contributed by atoms with Crippen molar-refractivity contribution in [3.63, 3.8) is 0 Å². The highest BCUT2D eigenvalue weighted by Gasteiger charge is 2.20. The molecule has 28 heavy (non-hydrogen) atoms. The van der Waals surface area contributed by atoms with Crippen molar-refractivity contribution in [3.8, 4) is 5.75 Å². The summed E-state index contributed by atoms with van der Waals surface area (Å²) in [5, 5.41) is 6.30. The SMILES string of the molecule is CN=C(NCc1c(F)cccc1OC(F)F)NC1CCN(CCCOC)CC1. The topological polar surface area (TPSA) is 58.1 Å². The second-order valence-corrected chi connectivity index (χ2v) is 6.63. The molecule has 2 rings (SSSR count). The van der Waals surface area contributed by atoms with Crippen LogP contribution in [0.4, 0.5) is 13.2 Å². The second-order valence-electron chi connectivity index (χ2n) is 6.63. The van der Waals surface area contributed by atoms with E-state index in [1.807, 2.05) is 0 Å². The van der Waals surface area contributed by atoms with Gasteiger partial charge < -0.3 is 25.0 Å². The number of ether oxygens (including phenoxy) is 2. The fourth-order valence-corrected chi connectivity index (χ4v) is 3.21. The molecule has 0 spiro atoms. The van der Waals surface area contributed by atoms with Crippen molar-refractivity contribution >= 4 is 5.96 Å². The van der Waals surface area contributed by atoms with Crippen LogP contribution in [-0.4, -0.2) is 63.9 Å². The van der Waals surface area contributed by atoms with Gasteiger partial charge in [-0.15, -0.1) is 0 Å². The fraction of sp³-hybridized carbons (Fsp3) is 0.632. The van der Waals surface area contributed by atoms with Gasteiger partial charge in [-0.05, 0) is 31.4 Å². The molecule has 0 aromatic heterocycles. The molecule has 0 unspecified atom stereocenters. The molecular weight excluding hydrogens is 373 g/mol. The third kappa shape index (κ3) is 7.20. The summed E-state index contributed by atoms with van der Waals surface area (Å²) < 4.78 is 48.6. The van der Waals surface area contributed by atoms with Crippen LogP contribution in [0, 0.1) is 5.82 Å². The molecule has 6 nitrogen and oxygen atoms in total. The lowest BCUT2D eigenvalue weighted by Crippen LogP contribution is -2.48. The van der Waals surface area contributed by atoms with Gasteiger partial charge in [0.15, 0.2) is 5.96 Å². The standard InChI is InChI=1S/C19H29F3N4O2/c1-23-19(25-14-7-10-26(11-8-14)9-4-12-27-2)24-13-15-16(20)5-3-6-17(15)28-18(21)22/h3,5-6,14,18H,4,7-13H2,1-2H3,(H2,23,24,25). The second kappa shape index (κ2) is 11.8. The maximum atomic E-state index is 14.0. The number of likely N-dealkylation sites (tertiary alicyclic amines) is 1. The van der Waals surface area contributed by atoms with Gasteiger partial charge in [0.1, 0.15) is 11.6 Å². The number of aliphatic imine (C=N–C) groups is 1. The number of alkyl halides is 2. The van der Waals surface area contributed by atoms with Gasteiger partial charge in [0.25, 0.3) is 0 Å². The van der Waals surface area contributed by atoms with E-state index < -0.39 is 12.4 Å². The number of benzene rings is 1. The molecule has 9 heteroatoms. The average molecular weight is 402 g/mol. The molecule has 158 valence electrons. The highest BCUT2D eigenvalue weighted by Crippen LogP contribution is 2.23. The van der Waals surface area contributed by atoms with Crippen LogP contribution in [0.25, 0.3) is 0 Å². The Balaban J connectivity index is 1.83. The first-order chi connectivity index (χ1) is 13.5. The van der Waals surface area contributed by atoms with Gasteiger partial charge in [-0.25, -0.2) is 4.39 Å². The lowest BCUT2D eigenvalue weighted by Gasteiger charge is -2.33. The van der Waals surface area contributed by atoms with Gasteiger partial charge in [0, 0.05) is 58.5 Å². The van der Waals surface area contributed by atoms with Gasteiger partial charge >= 0.3 is 6.61 Å². The molecule has 0 amide bonds. The summed E-state index contributed by atoms with van der Waals surface area (Å²) in [5.41, 5.74) is 0.0405. The predicted octanol–water partition coefficient (Wildman–Crippen LogP) is 2.59. The fourth-order valence-electron chi connectivity index (χ4n) is 3.21. The van der Waals surface area contributed by atoms with Gasteiger partial charge in [-0.2, -0.15) is 8.78 Å². The summed E-state index contributed by atoms with van der Waals surface area (Å²) in [6, 6.07) is 4.12. The molecule has 1 saturated heterocycles. The van der Waals surface area contributed by atoms with Gasteiger partial charge in [0.2, 0.25) is 0 Å². The molecule has 1 aromatic rings. The monoisotopic (exact) mass is 402 g/mol. The molecule has 1 aromatic carbocycles. The maximum Gasteiger partial charge on any atom is 0.387 e. The Hall–Kier alpha value is -2.00. The van der Waals surface area contributed by atoms with Crippen molar-refractivity contribution in [1.29, 1.82) is 0 Å². The Morgan fingerprint density at radius 2 is 2.07 bits per heavy atom. The first kappa shape index (κ1) is 22.3. The maximum absolute atomic E-state index is 14.0. The molecule has 0 atom stereocenters. The van der Waals surface area contributed by atoms with Crippen LogP contribution in [0.1, 0.15) is 24.8 Å². The quantitative estimate of drug-likeness (QED) is 0.378. The predicted molar refractivity (Wildman–Crippen MR) is 102 cm³/mol. The van der Waals surface area contributed by atoms with Crippen molar-refractivity contribution in [3.05, 3.63) is 29.6 Å². The van der Waals surface area contributed by atoms with E-state index in [4.69, 9.17) is 4.74 Å². The van der Waals surface area contributed by atoms with Crippen molar-refractivity contribution in [2.75, 3.05) is 40.4 Å². The Morgan fingerprint density at radius 1 is 1.32 bits per heavy atom. The van der Waals surface area contributed by atoms with E-state index in [9.17, 15) is 13.2 Å². The van der Waals surface area contributed by atoms with Crippen LogP contribution < -0.4 is 15.4 Å². The number of hydrogen-bond acceptors (Lipinski definition) is 4. The molecule has 1 heterocycles. The largest absolute Gasteiger partial charge is 0.434 e. The highest BCUT2D eigenvalue weighted by atomic mass is 19.3. The summed E-state index contributed by atoms with van der Waals surface area (Å²) >= 11 is 0. The van der Waals surface area contributed by atoms with Gasteiger partial charge in [-0.3, -0.25) is 4.99 Å². The molecule has 1 fully saturated rings. The molecule has 0 bridgehead atoms. The summed E-state index contributed by atoms with van der Waals surface area (Å²) in [6.07, 6.45) is 2.95. The van der Waals surface area contributed by atoms with E-state index >= 15 is 0 Å². The minimum Gasteiger partial charge on any atom is -0.434 e. The van der Waals surface area contributed by atoms with E-state index in [2.05, 4.69) is 25.3 Å². The van der Waals surface area contributed by atoms with Crippen molar-refractivity contribution in [2.45, 2.75) is 38.5 Å².